The lowest BCUT2D eigenvalue weighted by molar-refractivity contribution is -0.138. The lowest BCUT2D eigenvalue weighted by Gasteiger charge is -2.36. The zero-order chi connectivity index (χ0) is 24.0. The van der Waals surface area contributed by atoms with E-state index >= 15 is 0 Å². The van der Waals surface area contributed by atoms with Crippen molar-refractivity contribution in [3.63, 3.8) is 0 Å². The molecule has 2 aromatic heterocycles. The van der Waals surface area contributed by atoms with E-state index in [1.165, 1.54) is 0 Å². The first kappa shape index (κ1) is 22.2. The van der Waals surface area contributed by atoms with Crippen molar-refractivity contribution in [3.8, 4) is 11.4 Å². The fourth-order valence-electron chi connectivity index (χ4n) is 4.91. The minimum atomic E-state index is -4.68. The van der Waals surface area contributed by atoms with Gasteiger partial charge in [-0.2, -0.15) is 13.2 Å². The van der Waals surface area contributed by atoms with Crippen molar-refractivity contribution in [1.29, 1.82) is 0 Å². The first-order valence-corrected chi connectivity index (χ1v) is 10.6. The third kappa shape index (κ3) is 3.95. The maximum Gasteiger partial charge on any atom is 0.417 e. The van der Waals surface area contributed by atoms with E-state index in [9.17, 15) is 26.7 Å². The van der Waals surface area contributed by atoms with Gasteiger partial charge in [-0.15, -0.1) is 0 Å². The van der Waals surface area contributed by atoms with E-state index < -0.39 is 23.4 Å². The average Bonchev–Trinajstić information content (AvgIpc) is 3.40. The van der Waals surface area contributed by atoms with Crippen molar-refractivity contribution in [2.45, 2.75) is 31.1 Å². The summed E-state index contributed by atoms with van der Waals surface area (Å²) in [5, 5.41) is 2.96. The first-order valence-electron chi connectivity index (χ1n) is 10.6. The molecule has 1 aliphatic heterocycles. The Morgan fingerprint density at radius 2 is 1.82 bits per heavy atom. The Balaban J connectivity index is 1.42. The quantitative estimate of drug-likeness (QED) is 0.425. The molecule has 0 radical (unpaired) electrons. The van der Waals surface area contributed by atoms with Gasteiger partial charge in [0.2, 0.25) is 0 Å². The normalized spacial score (nSPS) is 21.7. The number of nitrogens with zero attached hydrogens (tertiary/aromatic N) is 4. The molecule has 1 aliphatic carbocycles. The molecular weight excluding hydrogens is 457 g/mol. The maximum atomic E-state index is 14.4. The van der Waals surface area contributed by atoms with Gasteiger partial charge in [-0.3, -0.25) is 4.79 Å². The van der Waals surface area contributed by atoms with Crippen LogP contribution in [-0.4, -0.2) is 39.9 Å². The molecule has 5 rings (SSSR count). The molecule has 3 atom stereocenters. The molecule has 0 amide bonds. The zero-order valence-electron chi connectivity index (χ0n) is 17.6. The second-order valence-corrected chi connectivity index (χ2v) is 8.44. The molecule has 1 aromatic carbocycles. The number of rotatable bonds is 5. The Morgan fingerprint density at radius 1 is 1.06 bits per heavy atom. The molecule has 34 heavy (non-hydrogen) atoms. The summed E-state index contributed by atoms with van der Waals surface area (Å²) in [7, 11) is 0. The van der Waals surface area contributed by atoms with Crippen LogP contribution >= 0.6 is 0 Å². The number of aromatic nitrogens is 3. The standard InChI is InChI=1S/C23H18F5N5O/c24-14-8-30-21(31-9-14)15-2-1-3-19(16(15)11-34)33-10-12-4-18(20(33)5-12)32-22-17(25)6-13(7-29-22)23(26,27)28/h1-3,6-9,11-12,18,20H,4-5,10H2,(H,29,32)/t12-,18+,20-/m0/s1. The summed E-state index contributed by atoms with van der Waals surface area (Å²) in [6, 6.07) is 5.23. The van der Waals surface area contributed by atoms with E-state index in [2.05, 4.69) is 20.3 Å². The molecule has 2 fully saturated rings. The average molecular weight is 475 g/mol. The smallest absolute Gasteiger partial charge is 0.366 e. The molecule has 1 N–H and O–H groups in total. The Labute approximate surface area is 190 Å². The van der Waals surface area contributed by atoms with Crippen molar-refractivity contribution < 1.29 is 26.7 Å². The number of piperidine rings is 1. The summed E-state index contributed by atoms with van der Waals surface area (Å²) >= 11 is 0. The second kappa shape index (κ2) is 8.30. The summed E-state index contributed by atoms with van der Waals surface area (Å²) in [5.41, 5.74) is 0.287. The Morgan fingerprint density at radius 3 is 2.47 bits per heavy atom. The lowest BCUT2D eigenvalue weighted by atomic mass is 10.0. The van der Waals surface area contributed by atoms with Crippen LogP contribution in [0.1, 0.15) is 28.8 Å². The Bertz CT molecular complexity index is 1230. The highest BCUT2D eigenvalue weighted by Crippen LogP contribution is 2.43. The number of carbonyl (C=O) groups is 1. The molecule has 176 valence electrons. The second-order valence-electron chi connectivity index (χ2n) is 8.44. The van der Waals surface area contributed by atoms with E-state index in [0.717, 1.165) is 18.8 Å². The molecule has 3 aromatic rings. The van der Waals surface area contributed by atoms with Gasteiger partial charge in [0.25, 0.3) is 0 Å². The van der Waals surface area contributed by atoms with Crippen molar-refractivity contribution >= 4 is 17.8 Å². The van der Waals surface area contributed by atoms with Crippen LogP contribution in [0.3, 0.4) is 0 Å². The molecule has 1 saturated heterocycles. The van der Waals surface area contributed by atoms with E-state index in [-0.39, 0.29) is 29.6 Å². The van der Waals surface area contributed by atoms with Crippen molar-refractivity contribution in [1.82, 2.24) is 15.0 Å². The number of benzene rings is 1. The van der Waals surface area contributed by atoms with Crippen molar-refractivity contribution in [2.24, 2.45) is 5.92 Å². The van der Waals surface area contributed by atoms with Crippen LogP contribution in [0, 0.1) is 17.6 Å². The molecule has 2 aliphatic rings. The Kier molecular flexibility index (Phi) is 5.41. The van der Waals surface area contributed by atoms with E-state index in [1.807, 2.05) is 4.90 Å². The molecule has 6 nitrogen and oxygen atoms in total. The van der Waals surface area contributed by atoms with Gasteiger partial charge in [-0.05, 0) is 30.9 Å². The van der Waals surface area contributed by atoms with Gasteiger partial charge in [0.1, 0.15) is 0 Å². The minimum absolute atomic E-state index is 0.128. The number of aldehydes is 1. The molecule has 3 heterocycles. The number of hydrogen-bond acceptors (Lipinski definition) is 6. The summed E-state index contributed by atoms with van der Waals surface area (Å²) in [5.74, 6) is -1.45. The van der Waals surface area contributed by atoms with Gasteiger partial charge in [-0.25, -0.2) is 23.7 Å². The Hall–Kier alpha value is -3.63. The number of carbonyl (C=O) groups excluding carboxylic acids is 1. The molecular formula is C23H18F5N5O. The molecule has 0 spiro atoms. The van der Waals surface area contributed by atoms with Crippen LogP contribution < -0.4 is 10.2 Å². The maximum absolute atomic E-state index is 14.4. The molecule has 11 heteroatoms. The summed E-state index contributed by atoms with van der Waals surface area (Å²) < 4.78 is 66.1. The highest BCUT2D eigenvalue weighted by molar-refractivity contribution is 5.93. The van der Waals surface area contributed by atoms with Crippen molar-refractivity contribution in [2.75, 3.05) is 16.8 Å². The predicted octanol–water partition coefficient (Wildman–Crippen LogP) is 4.73. The first-order chi connectivity index (χ1) is 16.2. The fraction of sp³-hybridized carbons (Fsp3) is 0.304. The molecule has 0 unspecified atom stereocenters. The summed E-state index contributed by atoms with van der Waals surface area (Å²) in [6.45, 7) is 0.667. The third-order valence-electron chi connectivity index (χ3n) is 6.34. The fourth-order valence-corrected chi connectivity index (χ4v) is 4.91. The van der Waals surface area contributed by atoms with Crippen molar-refractivity contribution in [3.05, 3.63) is 65.6 Å². The van der Waals surface area contributed by atoms with E-state index in [0.29, 0.717) is 48.3 Å². The number of hydrogen-bond donors (Lipinski definition) is 1. The number of fused-ring (bicyclic) bond motifs is 2. The van der Waals surface area contributed by atoms with Gasteiger partial charge in [0, 0.05) is 41.6 Å². The topological polar surface area (TPSA) is 71.0 Å². The third-order valence-corrected chi connectivity index (χ3v) is 6.34. The van der Waals surface area contributed by atoms with Gasteiger partial charge in [-0.1, -0.05) is 12.1 Å². The SMILES string of the molecule is O=Cc1c(-c2ncc(F)cn2)cccc1N1C[C@H]2C[C@@H](Nc3ncc(C(F)(F)F)cc3F)[C@@H]1C2. The largest absolute Gasteiger partial charge is 0.417 e. The molecule has 2 bridgehead atoms. The van der Waals surface area contributed by atoms with Gasteiger partial charge >= 0.3 is 6.18 Å². The highest BCUT2D eigenvalue weighted by atomic mass is 19.4. The van der Waals surface area contributed by atoms with Crippen LogP contribution in [-0.2, 0) is 6.18 Å². The minimum Gasteiger partial charge on any atom is -0.366 e. The highest BCUT2D eigenvalue weighted by Gasteiger charge is 2.46. The van der Waals surface area contributed by atoms with Gasteiger partial charge < -0.3 is 10.2 Å². The zero-order valence-corrected chi connectivity index (χ0v) is 17.6. The van der Waals surface area contributed by atoms with E-state index in [4.69, 9.17) is 0 Å². The predicted molar refractivity (Wildman–Crippen MR) is 113 cm³/mol. The monoisotopic (exact) mass is 475 g/mol. The number of pyridine rings is 1. The van der Waals surface area contributed by atoms with Crippen LogP contribution in [0.5, 0.6) is 0 Å². The molecule has 1 saturated carbocycles. The van der Waals surface area contributed by atoms with Crippen LogP contribution in [0.15, 0.2) is 42.9 Å². The van der Waals surface area contributed by atoms with Gasteiger partial charge in [0.15, 0.2) is 29.6 Å². The van der Waals surface area contributed by atoms with Gasteiger partial charge in [0.05, 0.1) is 18.0 Å². The number of nitrogens with one attached hydrogen (secondary N) is 1. The van der Waals surface area contributed by atoms with Crippen LogP contribution in [0.2, 0.25) is 0 Å². The number of alkyl halides is 3. The summed E-state index contributed by atoms with van der Waals surface area (Å²) in [6.07, 6.45) is 0.131. The van der Waals surface area contributed by atoms with Crippen LogP contribution in [0.4, 0.5) is 33.5 Å². The number of halogens is 5. The summed E-state index contributed by atoms with van der Waals surface area (Å²) in [4.78, 5) is 25.7. The number of anilines is 2. The lowest BCUT2D eigenvalue weighted by Crippen LogP contribution is -2.45. The van der Waals surface area contributed by atoms with Crippen LogP contribution in [0.25, 0.3) is 11.4 Å². The van der Waals surface area contributed by atoms with E-state index in [1.54, 1.807) is 18.2 Å².